The van der Waals surface area contributed by atoms with Crippen LogP contribution in [0.3, 0.4) is 0 Å². The summed E-state index contributed by atoms with van der Waals surface area (Å²) in [5.74, 6) is 1.51. The van der Waals surface area contributed by atoms with Gasteiger partial charge in [-0.1, -0.05) is 24.3 Å². The van der Waals surface area contributed by atoms with Gasteiger partial charge in [0.25, 0.3) is 0 Å². The van der Waals surface area contributed by atoms with Gasteiger partial charge in [-0.3, -0.25) is 5.41 Å². The Morgan fingerprint density at radius 1 is 1.10 bits per heavy atom. The molecule has 0 saturated heterocycles. The number of hydrogen-bond acceptors (Lipinski definition) is 9. The highest BCUT2D eigenvalue weighted by Crippen LogP contribution is 2.45. The second-order valence-corrected chi connectivity index (χ2v) is 9.19. The number of nitrogens with one attached hydrogen (secondary N) is 2. The van der Waals surface area contributed by atoms with E-state index in [2.05, 4.69) is 25.3 Å². The van der Waals surface area contributed by atoms with E-state index < -0.39 is 11.9 Å². The number of halogens is 4. The third kappa shape index (κ3) is 6.41. The van der Waals surface area contributed by atoms with Crippen molar-refractivity contribution in [3.8, 4) is 28.7 Å². The molecule has 1 aliphatic carbocycles. The van der Waals surface area contributed by atoms with Gasteiger partial charge in [0.2, 0.25) is 11.8 Å². The van der Waals surface area contributed by atoms with E-state index in [0.29, 0.717) is 47.3 Å². The average Bonchev–Trinajstić information content (AvgIpc) is 3.72. The predicted octanol–water partition coefficient (Wildman–Crippen LogP) is 5.92. The zero-order chi connectivity index (χ0) is 28.4. The molecule has 0 spiro atoms. The molecule has 0 atom stereocenters. The largest absolute Gasteiger partial charge is 0.481 e. The zero-order valence-electron chi connectivity index (χ0n) is 22.5. The third-order valence-corrected chi connectivity index (χ3v) is 6.54. The fraction of sp³-hybridized carbons (Fsp3) is 0.333. The second kappa shape index (κ2) is 12.4. The Morgan fingerprint density at radius 2 is 1.83 bits per heavy atom. The smallest absolute Gasteiger partial charge is 0.434 e. The van der Waals surface area contributed by atoms with Crippen LogP contribution in [0.2, 0.25) is 0 Å². The van der Waals surface area contributed by atoms with E-state index in [1.54, 1.807) is 31.2 Å². The summed E-state index contributed by atoms with van der Waals surface area (Å²) in [6.45, 7) is 2.43. The number of benzene rings is 1. The molecule has 0 aliphatic heterocycles. The van der Waals surface area contributed by atoms with Crippen LogP contribution in [0.4, 0.5) is 19.0 Å². The van der Waals surface area contributed by atoms with Crippen LogP contribution in [-0.4, -0.2) is 49.6 Å². The monoisotopic (exact) mass is 680 g/mol. The Kier molecular flexibility index (Phi) is 9.09. The van der Waals surface area contributed by atoms with E-state index in [1.165, 1.54) is 31.3 Å². The van der Waals surface area contributed by atoms with Gasteiger partial charge in [-0.2, -0.15) is 13.2 Å². The quantitative estimate of drug-likeness (QED) is 0.127. The topological polar surface area (TPSA) is 124 Å². The van der Waals surface area contributed by atoms with Gasteiger partial charge >= 0.3 is 6.18 Å². The molecule has 1 aliphatic rings. The van der Waals surface area contributed by atoms with E-state index in [9.17, 15) is 13.2 Å². The van der Waals surface area contributed by atoms with E-state index in [4.69, 9.17) is 19.9 Å². The molecule has 0 bridgehead atoms. The van der Waals surface area contributed by atoms with Crippen LogP contribution in [0.25, 0.3) is 22.8 Å². The summed E-state index contributed by atoms with van der Waals surface area (Å²) in [6.07, 6.45) is 1.49. The summed E-state index contributed by atoms with van der Waals surface area (Å²) in [6, 6.07) is 7.05. The molecule has 1 saturated carbocycles. The molecule has 216 valence electrons. The van der Waals surface area contributed by atoms with Gasteiger partial charge in [0, 0.05) is 37.0 Å². The van der Waals surface area contributed by atoms with E-state index in [-0.39, 0.29) is 41.6 Å². The van der Waals surface area contributed by atoms with E-state index in [1.807, 2.05) is 0 Å². The predicted molar refractivity (Wildman–Crippen MR) is 157 cm³/mol. The Morgan fingerprint density at radius 3 is 2.44 bits per heavy atom. The lowest BCUT2D eigenvalue weighted by Crippen LogP contribution is -2.12. The Balaban J connectivity index is 0.00000387. The summed E-state index contributed by atoms with van der Waals surface area (Å²) in [7, 11) is 2.92. The standard InChI is InChI=1S/C27H27F3N8O2.HI/c1-4-38-13-19(27(28,29)30)36-25(38)17-7-5-15(6-8-17)11-32-23-18(22(31)39-2)12-33-24(37-23)20-21(16-9-10-16)34-14-35-26(20)40-3;/h5-8,12-14,16,31H,4,9-11H2,1-3H3,(H,32,33,37);1H. The maximum Gasteiger partial charge on any atom is 0.434 e. The lowest BCUT2D eigenvalue weighted by Gasteiger charge is -2.15. The molecular weight excluding hydrogens is 652 g/mol. The summed E-state index contributed by atoms with van der Waals surface area (Å²) in [4.78, 5) is 21.7. The van der Waals surface area contributed by atoms with Gasteiger partial charge in [-0.25, -0.2) is 24.9 Å². The van der Waals surface area contributed by atoms with Crippen LogP contribution in [0.5, 0.6) is 5.88 Å². The number of anilines is 1. The molecule has 14 heteroatoms. The van der Waals surface area contributed by atoms with Crippen LogP contribution in [-0.2, 0) is 24.0 Å². The number of aromatic nitrogens is 6. The lowest BCUT2D eigenvalue weighted by atomic mass is 10.1. The number of rotatable bonds is 9. The van der Waals surface area contributed by atoms with Crippen LogP contribution < -0.4 is 10.1 Å². The van der Waals surface area contributed by atoms with Crippen molar-refractivity contribution in [3.63, 3.8) is 0 Å². The summed E-state index contributed by atoms with van der Waals surface area (Å²) in [5, 5.41) is 11.4. The van der Waals surface area contributed by atoms with Crippen molar-refractivity contribution in [1.82, 2.24) is 29.5 Å². The number of methoxy groups -OCH3 is 2. The number of alkyl halides is 3. The minimum atomic E-state index is -4.52. The molecule has 0 amide bonds. The highest BCUT2D eigenvalue weighted by molar-refractivity contribution is 14.0. The molecule has 2 N–H and O–H groups in total. The van der Waals surface area contributed by atoms with Gasteiger partial charge in [0.15, 0.2) is 11.5 Å². The zero-order valence-corrected chi connectivity index (χ0v) is 24.8. The normalized spacial score (nSPS) is 12.9. The lowest BCUT2D eigenvalue weighted by molar-refractivity contribution is -0.140. The summed E-state index contributed by atoms with van der Waals surface area (Å²) in [5.41, 5.74) is 2.27. The van der Waals surface area contributed by atoms with Gasteiger partial charge in [-0.05, 0) is 25.3 Å². The van der Waals surface area contributed by atoms with Crippen molar-refractivity contribution in [1.29, 1.82) is 5.41 Å². The van der Waals surface area contributed by atoms with Gasteiger partial charge in [-0.15, -0.1) is 24.0 Å². The first-order chi connectivity index (χ1) is 19.2. The Hall–Kier alpha value is -3.82. The molecule has 3 heterocycles. The number of hydrogen-bond donors (Lipinski definition) is 2. The van der Waals surface area contributed by atoms with Crippen molar-refractivity contribution >= 4 is 35.7 Å². The van der Waals surface area contributed by atoms with Crippen molar-refractivity contribution in [2.75, 3.05) is 19.5 Å². The summed E-state index contributed by atoms with van der Waals surface area (Å²) < 4.78 is 51.6. The Bertz CT molecular complexity index is 1540. The number of nitrogens with zero attached hydrogens (tertiary/aromatic N) is 6. The van der Waals surface area contributed by atoms with Crippen LogP contribution in [0.1, 0.15) is 48.2 Å². The molecular formula is C27H28F3IN8O2. The third-order valence-electron chi connectivity index (χ3n) is 6.54. The van der Waals surface area contributed by atoms with E-state index in [0.717, 1.165) is 30.3 Å². The molecule has 3 aromatic heterocycles. The first-order valence-corrected chi connectivity index (χ1v) is 12.6. The fourth-order valence-corrected chi connectivity index (χ4v) is 4.31. The van der Waals surface area contributed by atoms with Crippen LogP contribution >= 0.6 is 24.0 Å². The first-order valence-electron chi connectivity index (χ1n) is 12.6. The molecule has 4 aromatic rings. The maximum absolute atomic E-state index is 13.2. The second-order valence-electron chi connectivity index (χ2n) is 9.19. The average molecular weight is 680 g/mol. The van der Waals surface area contributed by atoms with Gasteiger partial charge in [0.05, 0.1) is 25.5 Å². The minimum absolute atomic E-state index is 0. The number of aryl methyl sites for hydroxylation is 1. The fourth-order valence-electron chi connectivity index (χ4n) is 4.31. The maximum atomic E-state index is 13.2. The Labute approximate surface area is 251 Å². The van der Waals surface area contributed by atoms with E-state index >= 15 is 0 Å². The highest BCUT2D eigenvalue weighted by atomic mass is 127. The molecule has 0 unspecified atom stereocenters. The first kappa shape index (κ1) is 30.1. The molecule has 1 aromatic carbocycles. The highest BCUT2D eigenvalue weighted by Gasteiger charge is 2.35. The molecule has 1 fully saturated rings. The number of imidazole rings is 1. The minimum Gasteiger partial charge on any atom is -0.481 e. The van der Waals surface area contributed by atoms with Crippen molar-refractivity contribution in [2.24, 2.45) is 0 Å². The molecule has 5 rings (SSSR count). The van der Waals surface area contributed by atoms with Crippen molar-refractivity contribution in [2.45, 2.75) is 44.9 Å². The summed E-state index contributed by atoms with van der Waals surface area (Å²) >= 11 is 0. The van der Waals surface area contributed by atoms with Crippen molar-refractivity contribution < 1.29 is 22.6 Å². The SMILES string of the molecule is CCn1cc(C(F)(F)F)nc1-c1ccc(CNc2nc(-c3c(OC)ncnc3C3CC3)ncc2C(=N)OC)cc1.I. The van der Waals surface area contributed by atoms with Gasteiger partial charge < -0.3 is 19.4 Å². The van der Waals surface area contributed by atoms with Gasteiger partial charge in [0.1, 0.15) is 23.5 Å². The van der Waals surface area contributed by atoms with Crippen LogP contribution in [0, 0.1) is 5.41 Å². The number of ether oxygens (including phenoxy) is 2. The van der Waals surface area contributed by atoms with Crippen LogP contribution in [0.15, 0.2) is 43.0 Å². The van der Waals surface area contributed by atoms with Crippen molar-refractivity contribution in [3.05, 3.63) is 65.5 Å². The molecule has 41 heavy (non-hydrogen) atoms. The molecule has 10 nitrogen and oxygen atoms in total. The molecule has 0 radical (unpaired) electrons.